The largest absolute Gasteiger partial charge is 0.315 e. The van der Waals surface area contributed by atoms with E-state index in [4.69, 9.17) is 4.99 Å². The summed E-state index contributed by atoms with van der Waals surface area (Å²) >= 11 is 0. The maximum Gasteiger partial charge on any atom is 0.0666 e. The van der Waals surface area contributed by atoms with Crippen molar-refractivity contribution in [3.05, 3.63) is 53.9 Å². The number of aromatic nitrogens is 1. The standard InChI is InChI=1S/C14H14N2/c1-2-12-14-8-5-9-16(14)13-7-4-3-6-11(13)10-15-12/h3-9H,2,10H2,1H3. The van der Waals surface area contributed by atoms with Gasteiger partial charge in [0, 0.05) is 6.20 Å². The maximum atomic E-state index is 4.69. The molecule has 0 N–H and O–H groups in total. The van der Waals surface area contributed by atoms with Gasteiger partial charge in [-0.1, -0.05) is 25.1 Å². The van der Waals surface area contributed by atoms with E-state index in [1.807, 2.05) is 0 Å². The third-order valence-electron chi connectivity index (χ3n) is 3.07. The van der Waals surface area contributed by atoms with Crippen LogP contribution in [-0.2, 0) is 6.54 Å². The Hall–Kier alpha value is -1.83. The van der Waals surface area contributed by atoms with Crippen molar-refractivity contribution in [3.8, 4) is 5.69 Å². The summed E-state index contributed by atoms with van der Waals surface area (Å²) in [6.07, 6.45) is 3.10. The molecule has 1 aliphatic rings. The van der Waals surface area contributed by atoms with Gasteiger partial charge in [-0.15, -0.1) is 0 Å². The van der Waals surface area contributed by atoms with Crippen molar-refractivity contribution in [2.45, 2.75) is 19.9 Å². The third-order valence-corrected chi connectivity index (χ3v) is 3.07. The van der Waals surface area contributed by atoms with Gasteiger partial charge >= 0.3 is 0 Å². The number of nitrogens with zero attached hydrogens (tertiary/aromatic N) is 2. The van der Waals surface area contributed by atoms with Gasteiger partial charge in [0.1, 0.15) is 0 Å². The molecule has 3 rings (SSSR count). The van der Waals surface area contributed by atoms with E-state index in [0.29, 0.717) is 0 Å². The fraction of sp³-hybridized carbons (Fsp3) is 0.214. The molecule has 16 heavy (non-hydrogen) atoms. The second kappa shape index (κ2) is 3.63. The summed E-state index contributed by atoms with van der Waals surface area (Å²) in [4.78, 5) is 4.69. The summed E-state index contributed by atoms with van der Waals surface area (Å²) in [5.74, 6) is 0. The van der Waals surface area contributed by atoms with Gasteiger partial charge in [0.2, 0.25) is 0 Å². The van der Waals surface area contributed by atoms with Crippen molar-refractivity contribution in [3.63, 3.8) is 0 Å². The number of hydrogen-bond acceptors (Lipinski definition) is 1. The van der Waals surface area contributed by atoms with Gasteiger partial charge in [-0.3, -0.25) is 4.99 Å². The maximum absolute atomic E-state index is 4.69. The molecule has 1 aromatic carbocycles. The highest BCUT2D eigenvalue weighted by Gasteiger charge is 2.14. The summed E-state index contributed by atoms with van der Waals surface area (Å²) in [5, 5.41) is 0. The molecule has 0 saturated heterocycles. The zero-order valence-corrected chi connectivity index (χ0v) is 9.35. The fourth-order valence-electron chi connectivity index (χ4n) is 2.26. The molecule has 0 unspecified atom stereocenters. The van der Waals surface area contributed by atoms with Crippen LogP contribution in [-0.4, -0.2) is 10.3 Å². The molecular formula is C14H14N2. The van der Waals surface area contributed by atoms with Crippen LogP contribution in [0.15, 0.2) is 47.6 Å². The summed E-state index contributed by atoms with van der Waals surface area (Å²) in [6.45, 7) is 2.95. The lowest BCUT2D eigenvalue weighted by atomic mass is 10.2. The Morgan fingerprint density at radius 2 is 2.06 bits per heavy atom. The van der Waals surface area contributed by atoms with Crippen LogP contribution in [0, 0.1) is 0 Å². The SMILES string of the molecule is CCC1=NCc2ccccc2-n2cccc21. The molecule has 2 nitrogen and oxygen atoms in total. The number of hydrogen-bond donors (Lipinski definition) is 0. The minimum atomic E-state index is 0.793. The van der Waals surface area contributed by atoms with Crippen LogP contribution in [0.25, 0.3) is 5.69 Å². The zero-order valence-electron chi connectivity index (χ0n) is 9.35. The highest BCUT2D eigenvalue weighted by atomic mass is 15.0. The van der Waals surface area contributed by atoms with E-state index in [0.717, 1.165) is 13.0 Å². The van der Waals surface area contributed by atoms with Gasteiger partial charge in [-0.25, -0.2) is 0 Å². The van der Waals surface area contributed by atoms with Crippen LogP contribution in [0.2, 0.25) is 0 Å². The number of rotatable bonds is 1. The summed E-state index contributed by atoms with van der Waals surface area (Å²) < 4.78 is 2.24. The number of fused-ring (bicyclic) bond motifs is 3. The number of benzene rings is 1. The minimum absolute atomic E-state index is 0.793. The second-order valence-electron chi connectivity index (χ2n) is 4.01. The molecule has 2 heteroatoms. The van der Waals surface area contributed by atoms with Crippen LogP contribution in [0.3, 0.4) is 0 Å². The minimum Gasteiger partial charge on any atom is -0.315 e. The van der Waals surface area contributed by atoms with E-state index in [2.05, 4.69) is 54.1 Å². The lowest BCUT2D eigenvalue weighted by Gasteiger charge is -2.09. The van der Waals surface area contributed by atoms with Crippen molar-refractivity contribution in [2.24, 2.45) is 4.99 Å². The van der Waals surface area contributed by atoms with Crippen molar-refractivity contribution < 1.29 is 0 Å². The highest BCUT2D eigenvalue weighted by Crippen LogP contribution is 2.23. The Morgan fingerprint density at radius 1 is 1.19 bits per heavy atom. The van der Waals surface area contributed by atoms with E-state index in [9.17, 15) is 0 Å². The van der Waals surface area contributed by atoms with E-state index >= 15 is 0 Å². The highest BCUT2D eigenvalue weighted by molar-refractivity contribution is 6.00. The quantitative estimate of drug-likeness (QED) is 0.687. The normalized spacial score (nSPS) is 13.7. The van der Waals surface area contributed by atoms with Crippen LogP contribution in [0.4, 0.5) is 0 Å². The van der Waals surface area contributed by atoms with Crippen molar-refractivity contribution in [2.75, 3.05) is 0 Å². The van der Waals surface area contributed by atoms with Crippen LogP contribution in [0.1, 0.15) is 24.6 Å². The Kier molecular flexibility index (Phi) is 2.13. The predicted octanol–water partition coefficient (Wildman–Crippen LogP) is 3.19. The molecule has 1 aromatic heterocycles. The first-order valence-electron chi connectivity index (χ1n) is 5.69. The van der Waals surface area contributed by atoms with Crippen LogP contribution < -0.4 is 0 Å². The monoisotopic (exact) mass is 210 g/mol. The molecule has 0 atom stereocenters. The second-order valence-corrected chi connectivity index (χ2v) is 4.01. The van der Waals surface area contributed by atoms with Gasteiger partial charge in [0.05, 0.1) is 23.6 Å². The van der Waals surface area contributed by atoms with Gasteiger partial charge in [-0.2, -0.15) is 0 Å². The Morgan fingerprint density at radius 3 is 2.94 bits per heavy atom. The average Bonchev–Trinajstić information content (AvgIpc) is 2.74. The van der Waals surface area contributed by atoms with Crippen molar-refractivity contribution in [1.82, 2.24) is 4.57 Å². The van der Waals surface area contributed by atoms with E-state index in [-0.39, 0.29) is 0 Å². The fourth-order valence-corrected chi connectivity index (χ4v) is 2.26. The Balaban J connectivity index is 2.28. The van der Waals surface area contributed by atoms with Gasteiger partial charge in [0.25, 0.3) is 0 Å². The van der Waals surface area contributed by atoms with Gasteiger partial charge in [0.15, 0.2) is 0 Å². The first kappa shape index (κ1) is 9.40. The Labute approximate surface area is 95.3 Å². The summed E-state index contributed by atoms with van der Waals surface area (Å²) in [7, 11) is 0. The van der Waals surface area contributed by atoms with Crippen molar-refractivity contribution in [1.29, 1.82) is 0 Å². The molecule has 2 heterocycles. The molecule has 2 aromatic rings. The molecule has 0 bridgehead atoms. The topological polar surface area (TPSA) is 17.3 Å². The molecule has 1 aliphatic heterocycles. The summed E-state index contributed by atoms with van der Waals surface area (Å²) in [6, 6.07) is 12.7. The Bertz CT molecular complexity index is 549. The number of aliphatic imine (C=N–C) groups is 1. The predicted molar refractivity (Wildman–Crippen MR) is 66.3 cm³/mol. The summed E-state index contributed by atoms with van der Waals surface area (Å²) in [5.41, 5.74) is 4.98. The molecule has 0 radical (unpaired) electrons. The van der Waals surface area contributed by atoms with Crippen molar-refractivity contribution >= 4 is 5.71 Å². The van der Waals surface area contributed by atoms with Crippen LogP contribution in [0.5, 0.6) is 0 Å². The van der Waals surface area contributed by atoms with Crippen LogP contribution >= 0.6 is 0 Å². The van der Waals surface area contributed by atoms with Gasteiger partial charge < -0.3 is 4.57 Å². The van der Waals surface area contributed by atoms with E-state index < -0.39 is 0 Å². The zero-order chi connectivity index (χ0) is 11.0. The molecular weight excluding hydrogens is 196 g/mol. The molecule has 0 spiro atoms. The molecule has 0 fully saturated rings. The lowest BCUT2D eigenvalue weighted by Crippen LogP contribution is -2.05. The number of para-hydroxylation sites is 1. The average molecular weight is 210 g/mol. The first-order chi connectivity index (χ1) is 7.90. The first-order valence-corrected chi connectivity index (χ1v) is 5.69. The van der Waals surface area contributed by atoms with E-state index in [1.165, 1.54) is 22.7 Å². The lowest BCUT2D eigenvalue weighted by molar-refractivity contribution is 1.02. The molecule has 0 aliphatic carbocycles. The van der Waals surface area contributed by atoms with Gasteiger partial charge in [-0.05, 0) is 30.2 Å². The van der Waals surface area contributed by atoms with E-state index in [1.54, 1.807) is 0 Å². The molecule has 80 valence electrons. The smallest absolute Gasteiger partial charge is 0.0666 e. The molecule has 0 amide bonds. The third kappa shape index (κ3) is 1.30. The molecule has 0 saturated carbocycles.